The minimum Gasteiger partial charge on any atom is -0.372 e. The Balaban J connectivity index is 2.09. The number of rotatable bonds is 6. The van der Waals surface area contributed by atoms with Crippen molar-refractivity contribution in [2.75, 3.05) is 13.2 Å². The lowest BCUT2D eigenvalue weighted by Gasteiger charge is -2.10. The van der Waals surface area contributed by atoms with Crippen LogP contribution in [-0.4, -0.2) is 34.7 Å². The zero-order valence-electron chi connectivity index (χ0n) is 8.43. The van der Waals surface area contributed by atoms with E-state index in [0.29, 0.717) is 12.8 Å². The van der Waals surface area contributed by atoms with Gasteiger partial charge in [-0.15, -0.1) is 11.6 Å². The maximum atomic E-state index is 11.7. The number of H-pyrrole nitrogens is 1. The minimum absolute atomic E-state index is 0.00557. The van der Waals surface area contributed by atoms with Gasteiger partial charge in [0.25, 0.3) is 0 Å². The second-order valence-electron chi connectivity index (χ2n) is 3.29. The lowest BCUT2D eigenvalue weighted by molar-refractivity contribution is -0.174. The van der Waals surface area contributed by atoms with E-state index in [1.165, 1.54) is 0 Å². The summed E-state index contributed by atoms with van der Waals surface area (Å²) in [4.78, 5) is 6.83. The topological polar surface area (TPSA) is 37.9 Å². The van der Waals surface area contributed by atoms with Crippen LogP contribution in [0.3, 0.4) is 0 Å². The molecule has 7 heteroatoms. The van der Waals surface area contributed by atoms with Crippen LogP contribution in [0.2, 0.25) is 0 Å². The monoisotopic (exact) mass is 256 g/mol. The minimum atomic E-state index is -4.27. The molecule has 0 aliphatic heterocycles. The van der Waals surface area contributed by atoms with Crippen molar-refractivity contribution in [2.45, 2.75) is 24.4 Å². The number of imidazole rings is 1. The van der Waals surface area contributed by atoms with E-state index in [1.807, 2.05) is 0 Å². The molecule has 1 rings (SSSR count). The van der Waals surface area contributed by atoms with Gasteiger partial charge in [-0.05, 0) is 6.42 Å². The van der Waals surface area contributed by atoms with Gasteiger partial charge in [0.1, 0.15) is 12.4 Å². The van der Waals surface area contributed by atoms with E-state index < -0.39 is 12.8 Å². The van der Waals surface area contributed by atoms with Crippen LogP contribution in [-0.2, 0) is 11.2 Å². The van der Waals surface area contributed by atoms with Crippen molar-refractivity contribution in [1.29, 1.82) is 0 Å². The summed E-state index contributed by atoms with van der Waals surface area (Å²) in [7, 11) is 0. The van der Waals surface area contributed by atoms with Crippen LogP contribution in [0.1, 0.15) is 12.2 Å². The smallest absolute Gasteiger partial charge is 0.372 e. The molecule has 0 aromatic carbocycles. The van der Waals surface area contributed by atoms with E-state index >= 15 is 0 Å². The molecule has 1 atom stereocenters. The van der Waals surface area contributed by atoms with Gasteiger partial charge in [0, 0.05) is 30.8 Å². The van der Waals surface area contributed by atoms with Crippen molar-refractivity contribution in [2.24, 2.45) is 0 Å². The summed E-state index contributed by atoms with van der Waals surface area (Å²) in [6.07, 6.45) is -0.163. The van der Waals surface area contributed by atoms with Crippen molar-refractivity contribution in [3.05, 3.63) is 18.2 Å². The quantitative estimate of drug-likeness (QED) is 0.627. The predicted molar refractivity (Wildman–Crippen MR) is 53.4 cm³/mol. The molecule has 0 saturated heterocycles. The van der Waals surface area contributed by atoms with Gasteiger partial charge in [0.05, 0.1) is 0 Å². The summed E-state index contributed by atoms with van der Waals surface area (Å²) in [5.74, 6) is 0.718. The Labute approximate surface area is 96.0 Å². The molecule has 0 amide bonds. The van der Waals surface area contributed by atoms with Gasteiger partial charge in [-0.1, -0.05) is 0 Å². The molecule has 0 bridgehead atoms. The summed E-state index contributed by atoms with van der Waals surface area (Å²) in [5.41, 5.74) is 0. The highest BCUT2D eigenvalue weighted by Gasteiger charge is 2.27. The number of halogens is 4. The molecule has 92 valence electrons. The molecule has 0 aliphatic carbocycles. The molecular weight excluding hydrogens is 245 g/mol. The summed E-state index contributed by atoms with van der Waals surface area (Å²) in [5, 5.41) is -0.278. The third-order valence-electron chi connectivity index (χ3n) is 1.81. The van der Waals surface area contributed by atoms with Crippen LogP contribution in [0, 0.1) is 0 Å². The van der Waals surface area contributed by atoms with Gasteiger partial charge < -0.3 is 9.72 Å². The first-order chi connectivity index (χ1) is 7.47. The highest BCUT2D eigenvalue weighted by molar-refractivity contribution is 6.20. The van der Waals surface area contributed by atoms with Gasteiger partial charge in [-0.3, -0.25) is 0 Å². The summed E-state index contributed by atoms with van der Waals surface area (Å²) >= 11 is 5.90. The van der Waals surface area contributed by atoms with Crippen molar-refractivity contribution >= 4 is 11.6 Å². The third kappa shape index (κ3) is 5.97. The van der Waals surface area contributed by atoms with Gasteiger partial charge in [0.2, 0.25) is 0 Å². The number of aromatic amines is 1. The molecule has 1 aromatic heterocycles. The molecule has 1 heterocycles. The molecule has 0 fully saturated rings. The largest absolute Gasteiger partial charge is 0.411 e. The van der Waals surface area contributed by atoms with Crippen molar-refractivity contribution in [3.63, 3.8) is 0 Å². The Kier molecular flexibility index (Phi) is 5.08. The molecule has 1 aromatic rings. The Morgan fingerprint density at radius 1 is 1.50 bits per heavy atom. The van der Waals surface area contributed by atoms with E-state index in [9.17, 15) is 13.2 Å². The molecule has 16 heavy (non-hydrogen) atoms. The number of hydrogen-bond donors (Lipinski definition) is 1. The van der Waals surface area contributed by atoms with E-state index in [1.54, 1.807) is 12.4 Å². The van der Waals surface area contributed by atoms with Gasteiger partial charge in [-0.2, -0.15) is 13.2 Å². The average Bonchev–Trinajstić information content (AvgIpc) is 2.63. The summed E-state index contributed by atoms with van der Waals surface area (Å²) in [6.45, 7) is -1.23. The van der Waals surface area contributed by atoms with Crippen LogP contribution in [0.15, 0.2) is 12.4 Å². The van der Waals surface area contributed by atoms with Crippen molar-refractivity contribution in [1.82, 2.24) is 9.97 Å². The normalized spacial score (nSPS) is 14.0. The van der Waals surface area contributed by atoms with Crippen molar-refractivity contribution < 1.29 is 17.9 Å². The number of nitrogens with one attached hydrogen (secondary N) is 1. The van der Waals surface area contributed by atoms with E-state index in [-0.39, 0.29) is 12.0 Å². The lowest BCUT2D eigenvalue weighted by atomic mass is 10.2. The van der Waals surface area contributed by atoms with Gasteiger partial charge in [0.15, 0.2) is 0 Å². The highest BCUT2D eigenvalue weighted by atomic mass is 35.5. The predicted octanol–water partition coefficient (Wildman–Crippen LogP) is 2.53. The first-order valence-electron chi connectivity index (χ1n) is 4.74. The van der Waals surface area contributed by atoms with Gasteiger partial charge in [-0.25, -0.2) is 4.98 Å². The number of hydrogen-bond acceptors (Lipinski definition) is 2. The van der Waals surface area contributed by atoms with E-state index in [0.717, 1.165) is 5.82 Å². The Morgan fingerprint density at radius 3 is 2.81 bits per heavy atom. The molecule has 3 nitrogen and oxygen atoms in total. The second-order valence-corrected chi connectivity index (χ2v) is 3.91. The van der Waals surface area contributed by atoms with Crippen LogP contribution < -0.4 is 0 Å². The number of alkyl halides is 4. The van der Waals surface area contributed by atoms with Crippen LogP contribution in [0.4, 0.5) is 13.2 Å². The Bertz CT molecular complexity index is 289. The fraction of sp³-hybridized carbons (Fsp3) is 0.667. The lowest BCUT2D eigenvalue weighted by Crippen LogP contribution is -2.18. The number of ether oxygens (including phenoxy) is 1. The zero-order chi connectivity index (χ0) is 12.0. The Hall–Kier alpha value is -0.750. The Morgan fingerprint density at radius 2 is 2.25 bits per heavy atom. The van der Waals surface area contributed by atoms with Gasteiger partial charge >= 0.3 is 6.18 Å². The molecule has 1 unspecified atom stereocenters. The maximum Gasteiger partial charge on any atom is 0.411 e. The molecule has 0 aliphatic rings. The second kappa shape index (κ2) is 6.10. The number of aromatic nitrogens is 2. The fourth-order valence-corrected chi connectivity index (χ4v) is 1.36. The molecule has 1 N–H and O–H groups in total. The summed E-state index contributed by atoms with van der Waals surface area (Å²) in [6, 6.07) is 0. The third-order valence-corrected chi connectivity index (χ3v) is 2.18. The van der Waals surface area contributed by atoms with E-state index in [4.69, 9.17) is 11.6 Å². The molecule has 0 radical (unpaired) electrons. The first-order valence-corrected chi connectivity index (χ1v) is 5.18. The fourth-order valence-electron chi connectivity index (χ4n) is 1.12. The van der Waals surface area contributed by atoms with E-state index in [2.05, 4.69) is 14.7 Å². The van der Waals surface area contributed by atoms with Crippen LogP contribution in [0.5, 0.6) is 0 Å². The van der Waals surface area contributed by atoms with Crippen LogP contribution in [0.25, 0.3) is 0 Å². The number of nitrogens with zero attached hydrogens (tertiary/aromatic N) is 1. The molecule has 0 saturated carbocycles. The first kappa shape index (κ1) is 13.3. The zero-order valence-corrected chi connectivity index (χ0v) is 9.18. The maximum absolute atomic E-state index is 11.7. The standard InChI is InChI=1S/C9H12ClF3N2O/c10-7(5-8-14-2-3-15-8)1-4-16-6-9(11,12)13/h2-3,7H,1,4-6H2,(H,14,15). The highest BCUT2D eigenvalue weighted by Crippen LogP contribution is 2.15. The summed E-state index contributed by atoms with van der Waals surface area (Å²) < 4.78 is 39.6. The SMILES string of the molecule is FC(F)(F)COCCC(Cl)Cc1ncc[nH]1. The average molecular weight is 257 g/mol. The van der Waals surface area contributed by atoms with Crippen molar-refractivity contribution in [3.8, 4) is 0 Å². The molecular formula is C9H12ClF3N2O. The molecule has 0 spiro atoms. The van der Waals surface area contributed by atoms with Crippen LogP contribution >= 0.6 is 11.6 Å².